The average Bonchev–Trinajstić information content (AvgIpc) is 2.76. The fraction of sp³-hybridized carbons (Fsp3) is 0.700. The minimum Gasteiger partial charge on any atom is -0.396 e. The predicted octanol–water partition coefficient (Wildman–Crippen LogP) is 0.169. The lowest BCUT2D eigenvalue weighted by atomic mass is 9.88. The summed E-state index contributed by atoms with van der Waals surface area (Å²) in [5.41, 5.74) is -0.267. The Balaban J connectivity index is 2.25. The quantitative estimate of drug-likeness (QED) is 0.822. The number of sulfone groups is 1. The molecule has 0 saturated carbocycles. The van der Waals surface area contributed by atoms with Crippen LogP contribution in [0.5, 0.6) is 0 Å². The summed E-state index contributed by atoms with van der Waals surface area (Å²) in [7, 11) is -2.88. The fourth-order valence-corrected chi connectivity index (χ4v) is 3.89. The van der Waals surface area contributed by atoms with E-state index < -0.39 is 9.84 Å². The van der Waals surface area contributed by atoms with E-state index in [4.69, 9.17) is 5.11 Å². The van der Waals surface area contributed by atoms with Crippen LogP contribution in [0.3, 0.4) is 0 Å². The zero-order valence-corrected chi connectivity index (χ0v) is 9.86. The molecule has 90 valence electrons. The van der Waals surface area contributed by atoms with Gasteiger partial charge in [0.15, 0.2) is 0 Å². The monoisotopic (exact) mass is 244 g/mol. The number of imidazole rings is 1. The van der Waals surface area contributed by atoms with Crippen LogP contribution in [0.2, 0.25) is 0 Å². The van der Waals surface area contributed by atoms with Gasteiger partial charge in [-0.15, -0.1) is 0 Å². The SMILES string of the molecule is O=S1(=O)CCC(CCO)(n2ccnc2)CC1. The van der Waals surface area contributed by atoms with Crippen LogP contribution >= 0.6 is 0 Å². The number of aliphatic hydroxyl groups excluding tert-OH is 1. The van der Waals surface area contributed by atoms with Gasteiger partial charge in [0.05, 0.1) is 17.8 Å². The Morgan fingerprint density at radius 2 is 2.06 bits per heavy atom. The van der Waals surface area contributed by atoms with Crippen molar-refractivity contribution in [1.82, 2.24) is 9.55 Å². The standard InChI is InChI=1S/C10H16N2O3S/c13-6-1-10(12-5-4-11-9-12)2-7-16(14,15)8-3-10/h4-5,9,13H,1-3,6-8H2. The normalized spacial score (nSPS) is 23.1. The van der Waals surface area contributed by atoms with E-state index in [-0.39, 0.29) is 23.7 Å². The van der Waals surface area contributed by atoms with Crippen molar-refractivity contribution in [2.75, 3.05) is 18.1 Å². The third-order valence-corrected chi connectivity index (χ3v) is 5.04. The molecule has 1 N–H and O–H groups in total. The zero-order chi connectivity index (χ0) is 11.6. The van der Waals surface area contributed by atoms with Gasteiger partial charge in [0.25, 0.3) is 0 Å². The Morgan fingerprint density at radius 1 is 1.38 bits per heavy atom. The smallest absolute Gasteiger partial charge is 0.150 e. The van der Waals surface area contributed by atoms with Gasteiger partial charge < -0.3 is 9.67 Å². The van der Waals surface area contributed by atoms with Gasteiger partial charge in [0.2, 0.25) is 0 Å². The lowest BCUT2D eigenvalue weighted by Gasteiger charge is -2.38. The summed E-state index contributed by atoms with van der Waals surface area (Å²) in [6, 6.07) is 0. The third kappa shape index (κ3) is 2.12. The van der Waals surface area contributed by atoms with Crippen LogP contribution in [0.15, 0.2) is 18.7 Å². The fourth-order valence-electron chi connectivity index (χ4n) is 2.30. The highest BCUT2D eigenvalue weighted by molar-refractivity contribution is 7.91. The van der Waals surface area contributed by atoms with Gasteiger partial charge in [0.1, 0.15) is 9.84 Å². The summed E-state index contributed by atoms with van der Waals surface area (Å²) in [5.74, 6) is 0.399. The Bertz CT molecular complexity index is 425. The molecule has 5 nitrogen and oxygen atoms in total. The molecule has 0 amide bonds. The topological polar surface area (TPSA) is 72.2 Å². The Labute approximate surface area is 95.0 Å². The van der Waals surface area contributed by atoms with Gasteiger partial charge in [0, 0.05) is 24.5 Å². The van der Waals surface area contributed by atoms with E-state index in [9.17, 15) is 8.42 Å². The molecule has 1 aromatic heterocycles. The van der Waals surface area contributed by atoms with Crippen LogP contribution in [0, 0.1) is 0 Å². The Hall–Kier alpha value is -0.880. The first-order valence-corrected chi connectivity index (χ1v) is 7.20. The molecule has 0 radical (unpaired) electrons. The van der Waals surface area contributed by atoms with Crippen molar-refractivity contribution >= 4 is 9.84 Å². The van der Waals surface area contributed by atoms with Crippen molar-refractivity contribution in [2.24, 2.45) is 0 Å². The maximum atomic E-state index is 11.4. The Kier molecular flexibility index (Phi) is 3.03. The lowest BCUT2D eigenvalue weighted by Crippen LogP contribution is -2.42. The van der Waals surface area contributed by atoms with Gasteiger partial charge >= 0.3 is 0 Å². The molecule has 0 aliphatic carbocycles. The molecular weight excluding hydrogens is 228 g/mol. The minimum absolute atomic E-state index is 0.0677. The summed E-state index contributed by atoms with van der Waals surface area (Å²) in [4.78, 5) is 3.99. The van der Waals surface area contributed by atoms with E-state index in [1.54, 1.807) is 12.5 Å². The van der Waals surface area contributed by atoms with E-state index in [2.05, 4.69) is 4.98 Å². The predicted molar refractivity (Wildman–Crippen MR) is 59.8 cm³/mol. The van der Waals surface area contributed by atoms with Crippen LogP contribution in [-0.2, 0) is 15.4 Å². The molecule has 0 spiro atoms. The summed E-state index contributed by atoms with van der Waals surface area (Å²) >= 11 is 0. The number of hydrogen-bond acceptors (Lipinski definition) is 4. The molecule has 1 aliphatic heterocycles. The first kappa shape index (κ1) is 11.6. The first-order chi connectivity index (χ1) is 7.58. The molecule has 2 rings (SSSR count). The molecule has 0 aromatic carbocycles. The van der Waals surface area contributed by atoms with Crippen molar-refractivity contribution in [1.29, 1.82) is 0 Å². The van der Waals surface area contributed by atoms with Crippen LogP contribution in [0.1, 0.15) is 19.3 Å². The number of hydrogen-bond donors (Lipinski definition) is 1. The second-order valence-electron chi connectivity index (χ2n) is 4.32. The van der Waals surface area contributed by atoms with Gasteiger partial charge in [-0.2, -0.15) is 0 Å². The lowest BCUT2D eigenvalue weighted by molar-refractivity contribution is 0.169. The average molecular weight is 244 g/mol. The highest BCUT2D eigenvalue weighted by Gasteiger charge is 2.37. The number of aliphatic hydroxyl groups is 1. The van der Waals surface area contributed by atoms with Crippen molar-refractivity contribution in [3.63, 3.8) is 0 Å². The van der Waals surface area contributed by atoms with E-state index >= 15 is 0 Å². The van der Waals surface area contributed by atoms with Crippen LogP contribution < -0.4 is 0 Å². The summed E-state index contributed by atoms with van der Waals surface area (Å²) in [6.45, 7) is 0.0677. The van der Waals surface area contributed by atoms with E-state index in [1.165, 1.54) is 0 Å². The van der Waals surface area contributed by atoms with Crippen molar-refractivity contribution < 1.29 is 13.5 Å². The van der Waals surface area contributed by atoms with E-state index in [1.807, 2.05) is 10.8 Å². The molecule has 2 heterocycles. The zero-order valence-electron chi connectivity index (χ0n) is 9.04. The third-order valence-electron chi connectivity index (χ3n) is 3.39. The number of nitrogens with zero attached hydrogens (tertiary/aromatic N) is 2. The van der Waals surface area contributed by atoms with Crippen molar-refractivity contribution in [2.45, 2.75) is 24.8 Å². The molecule has 0 bridgehead atoms. The van der Waals surface area contributed by atoms with Crippen LogP contribution in [0.4, 0.5) is 0 Å². The molecule has 1 aliphatic rings. The molecule has 1 saturated heterocycles. The molecule has 1 fully saturated rings. The number of aromatic nitrogens is 2. The first-order valence-electron chi connectivity index (χ1n) is 5.38. The van der Waals surface area contributed by atoms with Gasteiger partial charge in [-0.3, -0.25) is 0 Å². The largest absolute Gasteiger partial charge is 0.396 e. The van der Waals surface area contributed by atoms with E-state index in [0.29, 0.717) is 19.3 Å². The Morgan fingerprint density at radius 3 is 2.56 bits per heavy atom. The summed E-state index contributed by atoms with van der Waals surface area (Å²) in [6.07, 6.45) is 6.93. The molecule has 0 atom stereocenters. The second kappa shape index (κ2) is 4.18. The van der Waals surface area contributed by atoms with E-state index in [0.717, 1.165) is 0 Å². The van der Waals surface area contributed by atoms with Crippen LogP contribution in [-0.4, -0.2) is 41.2 Å². The maximum absolute atomic E-state index is 11.4. The van der Waals surface area contributed by atoms with Gasteiger partial charge in [-0.25, -0.2) is 13.4 Å². The molecule has 6 heteroatoms. The maximum Gasteiger partial charge on any atom is 0.150 e. The highest BCUT2D eigenvalue weighted by Crippen LogP contribution is 2.34. The summed E-state index contributed by atoms with van der Waals surface area (Å²) < 4.78 is 24.8. The molecule has 1 aromatic rings. The minimum atomic E-state index is -2.88. The second-order valence-corrected chi connectivity index (χ2v) is 6.62. The molecule has 0 unspecified atom stereocenters. The van der Waals surface area contributed by atoms with Crippen molar-refractivity contribution in [3.8, 4) is 0 Å². The van der Waals surface area contributed by atoms with Gasteiger partial charge in [-0.1, -0.05) is 0 Å². The summed E-state index contributed by atoms with van der Waals surface area (Å²) in [5, 5.41) is 9.13. The van der Waals surface area contributed by atoms with Gasteiger partial charge in [-0.05, 0) is 19.3 Å². The molecule has 16 heavy (non-hydrogen) atoms. The van der Waals surface area contributed by atoms with Crippen molar-refractivity contribution in [3.05, 3.63) is 18.7 Å². The highest BCUT2D eigenvalue weighted by atomic mass is 32.2. The van der Waals surface area contributed by atoms with Crippen LogP contribution in [0.25, 0.3) is 0 Å². The molecular formula is C10H16N2O3S. The number of rotatable bonds is 3.